The zero-order valence-corrected chi connectivity index (χ0v) is 14.5. The van der Waals surface area contributed by atoms with Gasteiger partial charge in [0.05, 0.1) is 5.69 Å². The van der Waals surface area contributed by atoms with Crippen LogP contribution in [0.25, 0.3) is 0 Å². The van der Waals surface area contributed by atoms with Gasteiger partial charge in [0, 0.05) is 16.4 Å². The van der Waals surface area contributed by atoms with Crippen LogP contribution < -0.4 is 5.32 Å². The number of nitrogens with one attached hydrogen (secondary N) is 1. The highest BCUT2D eigenvalue weighted by Crippen LogP contribution is 2.29. The molecule has 20 heavy (non-hydrogen) atoms. The van der Waals surface area contributed by atoms with Crippen molar-refractivity contribution in [3.05, 3.63) is 40.8 Å². The number of anilines is 2. The van der Waals surface area contributed by atoms with E-state index in [4.69, 9.17) is 0 Å². The molecule has 0 aliphatic rings. The molecule has 106 valence electrons. The third kappa shape index (κ3) is 3.73. The zero-order chi connectivity index (χ0) is 14.8. The summed E-state index contributed by atoms with van der Waals surface area (Å²) in [5.74, 6) is 1.62. The maximum atomic E-state index is 4.61. The summed E-state index contributed by atoms with van der Waals surface area (Å²) in [4.78, 5) is 10.3. The summed E-state index contributed by atoms with van der Waals surface area (Å²) in [6.45, 7) is 6.32. The van der Waals surface area contributed by atoms with Crippen molar-refractivity contribution in [2.45, 2.75) is 31.1 Å². The second kappa shape index (κ2) is 6.14. The fraction of sp³-hybridized carbons (Fsp3) is 0.333. The van der Waals surface area contributed by atoms with Crippen LogP contribution in [0.3, 0.4) is 0 Å². The van der Waals surface area contributed by atoms with Gasteiger partial charge in [0.15, 0.2) is 0 Å². The van der Waals surface area contributed by atoms with Gasteiger partial charge in [0.2, 0.25) is 0 Å². The van der Waals surface area contributed by atoms with E-state index in [2.05, 4.69) is 70.4 Å². The highest BCUT2D eigenvalue weighted by molar-refractivity contribution is 9.10. The molecular weight excluding hydrogens is 334 g/mol. The van der Waals surface area contributed by atoms with Gasteiger partial charge in [0.25, 0.3) is 0 Å². The summed E-state index contributed by atoms with van der Waals surface area (Å²) in [5.41, 5.74) is 0.977. The van der Waals surface area contributed by atoms with Crippen LogP contribution in [-0.2, 0) is 5.41 Å². The second-order valence-corrected chi connectivity index (χ2v) is 7.14. The number of halogens is 1. The Morgan fingerprint density at radius 3 is 2.50 bits per heavy atom. The number of benzene rings is 1. The molecule has 1 N–H and O–H groups in total. The molecule has 0 saturated heterocycles. The van der Waals surface area contributed by atoms with Crippen molar-refractivity contribution in [3.8, 4) is 0 Å². The van der Waals surface area contributed by atoms with Gasteiger partial charge in [-0.15, -0.1) is 11.8 Å². The Bertz CT molecular complexity index is 608. The molecule has 1 aromatic carbocycles. The second-order valence-electron chi connectivity index (χ2n) is 5.47. The molecule has 0 aliphatic heterocycles. The maximum absolute atomic E-state index is 4.61. The summed E-state index contributed by atoms with van der Waals surface area (Å²) in [5, 5.41) is 3.37. The van der Waals surface area contributed by atoms with Gasteiger partial charge in [-0.1, -0.05) is 32.9 Å². The number of aromatic nitrogens is 2. The van der Waals surface area contributed by atoms with Crippen molar-refractivity contribution in [2.24, 2.45) is 0 Å². The Labute approximate surface area is 132 Å². The molecule has 5 heteroatoms. The van der Waals surface area contributed by atoms with E-state index in [1.54, 1.807) is 11.8 Å². The maximum Gasteiger partial charge on any atom is 0.137 e. The molecule has 0 radical (unpaired) electrons. The van der Waals surface area contributed by atoms with E-state index in [1.165, 1.54) is 4.90 Å². The Hall–Kier alpha value is -1.07. The summed E-state index contributed by atoms with van der Waals surface area (Å²) >= 11 is 5.17. The number of nitrogens with zero attached hydrogens (tertiary/aromatic N) is 2. The molecule has 0 bridgehead atoms. The molecule has 1 heterocycles. The standard InChI is InChI=1S/C15H18BrN3S/c1-15(2,3)14-18-12(16)9-13(19-14)17-10-7-5-6-8-11(10)20-4/h5-9H,1-4H3,(H,17,18,19). The van der Waals surface area contributed by atoms with E-state index in [-0.39, 0.29) is 5.41 Å². The van der Waals surface area contributed by atoms with Crippen molar-refractivity contribution in [1.29, 1.82) is 0 Å². The van der Waals surface area contributed by atoms with Crippen LogP contribution in [0, 0.1) is 0 Å². The van der Waals surface area contributed by atoms with Gasteiger partial charge in [0.1, 0.15) is 16.2 Å². The lowest BCUT2D eigenvalue weighted by Gasteiger charge is -2.18. The van der Waals surface area contributed by atoms with Gasteiger partial charge in [-0.2, -0.15) is 0 Å². The zero-order valence-electron chi connectivity index (χ0n) is 12.1. The Morgan fingerprint density at radius 1 is 1.15 bits per heavy atom. The number of para-hydroxylation sites is 1. The van der Waals surface area contributed by atoms with E-state index in [1.807, 2.05) is 18.2 Å². The van der Waals surface area contributed by atoms with Crippen LogP contribution in [0.15, 0.2) is 39.8 Å². The van der Waals surface area contributed by atoms with Gasteiger partial charge in [-0.25, -0.2) is 9.97 Å². The van der Waals surface area contributed by atoms with E-state index in [9.17, 15) is 0 Å². The number of thioether (sulfide) groups is 1. The van der Waals surface area contributed by atoms with E-state index in [0.717, 1.165) is 21.9 Å². The summed E-state index contributed by atoms with van der Waals surface area (Å²) < 4.78 is 0.793. The fourth-order valence-electron chi connectivity index (χ4n) is 1.70. The molecular formula is C15H18BrN3S. The van der Waals surface area contributed by atoms with Gasteiger partial charge >= 0.3 is 0 Å². The first-order chi connectivity index (χ1) is 9.40. The average molecular weight is 352 g/mol. The molecule has 0 spiro atoms. The van der Waals surface area contributed by atoms with E-state index in [0.29, 0.717) is 0 Å². The van der Waals surface area contributed by atoms with Crippen molar-refractivity contribution in [1.82, 2.24) is 9.97 Å². The SMILES string of the molecule is CSc1ccccc1Nc1cc(Br)nc(C(C)(C)C)n1. The fourth-order valence-corrected chi connectivity index (χ4v) is 2.64. The molecule has 2 rings (SSSR count). The highest BCUT2D eigenvalue weighted by atomic mass is 79.9. The first kappa shape index (κ1) is 15.3. The van der Waals surface area contributed by atoms with Crippen LogP contribution in [0.5, 0.6) is 0 Å². The molecule has 0 fully saturated rings. The minimum Gasteiger partial charge on any atom is -0.339 e. The quantitative estimate of drug-likeness (QED) is 0.623. The molecule has 0 saturated carbocycles. The summed E-state index contributed by atoms with van der Waals surface area (Å²) in [6, 6.07) is 10.1. The largest absolute Gasteiger partial charge is 0.339 e. The normalized spacial score (nSPS) is 11.4. The van der Waals surface area contributed by atoms with Gasteiger partial charge < -0.3 is 5.32 Å². The highest BCUT2D eigenvalue weighted by Gasteiger charge is 2.18. The van der Waals surface area contributed by atoms with Gasteiger partial charge in [-0.05, 0) is 34.3 Å². The smallest absolute Gasteiger partial charge is 0.137 e. The molecule has 0 amide bonds. The van der Waals surface area contributed by atoms with Crippen LogP contribution in [0.2, 0.25) is 0 Å². The van der Waals surface area contributed by atoms with E-state index < -0.39 is 0 Å². The van der Waals surface area contributed by atoms with Crippen LogP contribution in [0.4, 0.5) is 11.5 Å². The molecule has 0 aliphatic carbocycles. The molecule has 0 unspecified atom stereocenters. The van der Waals surface area contributed by atoms with E-state index >= 15 is 0 Å². The minimum atomic E-state index is -0.0841. The lowest BCUT2D eigenvalue weighted by atomic mass is 9.96. The molecule has 1 aromatic heterocycles. The first-order valence-electron chi connectivity index (χ1n) is 6.35. The number of hydrogen-bond acceptors (Lipinski definition) is 4. The average Bonchev–Trinajstić information content (AvgIpc) is 2.37. The topological polar surface area (TPSA) is 37.8 Å². The summed E-state index contributed by atoms with van der Waals surface area (Å²) in [6.07, 6.45) is 2.07. The Morgan fingerprint density at radius 2 is 1.85 bits per heavy atom. The molecule has 0 atom stereocenters. The lowest BCUT2D eigenvalue weighted by Crippen LogP contribution is -2.17. The first-order valence-corrected chi connectivity index (χ1v) is 8.37. The van der Waals surface area contributed by atoms with Crippen LogP contribution >= 0.6 is 27.7 Å². The lowest BCUT2D eigenvalue weighted by molar-refractivity contribution is 0.544. The molecule has 2 aromatic rings. The van der Waals surface area contributed by atoms with Crippen LogP contribution in [-0.4, -0.2) is 16.2 Å². The van der Waals surface area contributed by atoms with Crippen molar-refractivity contribution >= 4 is 39.2 Å². The third-order valence-corrected chi connectivity index (χ3v) is 3.94. The number of hydrogen-bond donors (Lipinski definition) is 1. The van der Waals surface area contributed by atoms with Gasteiger partial charge in [-0.3, -0.25) is 0 Å². The summed E-state index contributed by atoms with van der Waals surface area (Å²) in [7, 11) is 0. The minimum absolute atomic E-state index is 0.0841. The Kier molecular flexibility index (Phi) is 4.70. The number of rotatable bonds is 3. The predicted molar refractivity (Wildman–Crippen MR) is 89.9 cm³/mol. The molecule has 3 nitrogen and oxygen atoms in total. The predicted octanol–water partition coefficient (Wildman–Crippen LogP) is 5.00. The third-order valence-electron chi connectivity index (χ3n) is 2.74. The van der Waals surface area contributed by atoms with Crippen molar-refractivity contribution in [3.63, 3.8) is 0 Å². The van der Waals surface area contributed by atoms with Crippen molar-refractivity contribution in [2.75, 3.05) is 11.6 Å². The Balaban J connectivity index is 2.36. The van der Waals surface area contributed by atoms with Crippen LogP contribution in [0.1, 0.15) is 26.6 Å². The monoisotopic (exact) mass is 351 g/mol. The van der Waals surface area contributed by atoms with Crippen molar-refractivity contribution < 1.29 is 0 Å².